The largest absolute Gasteiger partial charge is 0.459 e. The Morgan fingerprint density at radius 2 is 2.00 bits per heavy atom. The number of benzene rings is 1. The number of carbonyl (C=O) groups is 1. The molecule has 0 saturated heterocycles. The van der Waals surface area contributed by atoms with Crippen LogP contribution < -0.4 is 5.32 Å². The Morgan fingerprint density at radius 1 is 1.39 bits per heavy atom. The number of amides is 1. The minimum atomic E-state index is -0.156. The summed E-state index contributed by atoms with van der Waals surface area (Å²) in [6.45, 7) is 9.89. The van der Waals surface area contributed by atoms with Gasteiger partial charge in [0.25, 0.3) is 0 Å². The Balaban J connectivity index is 0.000000379. The van der Waals surface area contributed by atoms with Crippen molar-refractivity contribution in [1.82, 2.24) is 5.32 Å². The molecule has 1 amide bonds. The highest BCUT2D eigenvalue weighted by atomic mass is 16.5. The topological polar surface area (TPSA) is 71.7 Å². The van der Waals surface area contributed by atoms with Crippen LogP contribution in [-0.2, 0) is 16.1 Å². The number of furan rings is 1. The summed E-state index contributed by atoms with van der Waals surface area (Å²) in [6, 6.07) is 5.44. The number of methoxy groups -OCH3 is 1. The van der Waals surface area contributed by atoms with Crippen molar-refractivity contribution in [2.75, 3.05) is 7.11 Å². The summed E-state index contributed by atoms with van der Waals surface area (Å²) in [5.74, 6) is 0.713. The van der Waals surface area contributed by atoms with Gasteiger partial charge in [0.15, 0.2) is 0 Å². The van der Waals surface area contributed by atoms with E-state index in [4.69, 9.17) is 9.15 Å². The minimum absolute atomic E-state index is 0.0183. The lowest BCUT2D eigenvalue weighted by atomic mass is 10.0. The Labute approximate surface area is 137 Å². The third-order valence-corrected chi connectivity index (χ3v) is 3.63. The fourth-order valence-electron chi connectivity index (χ4n) is 1.88. The Bertz CT molecular complexity index is 640. The van der Waals surface area contributed by atoms with Gasteiger partial charge in [0.05, 0.1) is 18.2 Å². The second kappa shape index (κ2) is 8.13. The SMILES string of the molecule is COC(C)(C)C.Cc1c(CO)ccc2oc(C(C)NC=O)cc12. The molecule has 2 rings (SSSR count). The zero-order valence-corrected chi connectivity index (χ0v) is 14.8. The van der Waals surface area contributed by atoms with Crippen LogP contribution in [0.25, 0.3) is 11.0 Å². The van der Waals surface area contributed by atoms with Crippen LogP contribution >= 0.6 is 0 Å². The maximum atomic E-state index is 10.4. The van der Waals surface area contributed by atoms with Gasteiger partial charge in [-0.05, 0) is 57.9 Å². The van der Waals surface area contributed by atoms with Crippen molar-refractivity contribution < 1.29 is 19.1 Å². The first-order valence-corrected chi connectivity index (χ1v) is 7.61. The molecule has 0 spiro atoms. The number of aryl methyl sites for hydroxylation is 1. The van der Waals surface area contributed by atoms with Crippen molar-refractivity contribution in [3.63, 3.8) is 0 Å². The van der Waals surface area contributed by atoms with E-state index in [9.17, 15) is 9.90 Å². The molecule has 0 radical (unpaired) electrons. The molecule has 128 valence electrons. The molecular weight excluding hydrogens is 294 g/mol. The van der Waals surface area contributed by atoms with E-state index in [-0.39, 0.29) is 18.2 Å². The van der Waals surface area contributed by atoms with Crippen molar-refractivity contribution in [2.45, 2.75) is 52.9 Å². The third kappa shape index (κ3) is 5.37. The summed E-state index contributed by atoms with van der Waals surface area (Å²) < 4.78 is 10.6. The molecule has 0 fully saturated rings. The summed E-state index contributed by atoms with van der Waals surface area (Å²) in [5.41, 5.74) is 2.72. The maximum Gasteiger partial charge on any atom is 0.207 e. The highest BCUT2D eigenvalue weighted by molar-refractivity contribution is 5.83. The molecule has 23 heavy (non-hydrogen) atoms. The van der Waals surface area contributed by atoms with E-state index in [1.165, 1.54) is 0 Å². The Hall–Kier alpha value is -1.85. The number of fused-ring (bicyclic) bond motifs is 1. The molecule has 5 nitrogen and oxygen atoms in total. The average molecular weight is 321 g/mol. The van der Waals surface area contributed by atoms with Crippen LogP contribution in [0.15, 0.2) is 22.6 Å². The maximum absolute atomic E-state index is 10.4. The van der Waals surface area contributed by atoms with Crippen LogP contribution in [0.2, 0.25) is 0 Å². The fraction of sp³-hybridized carbons (Fsp3) is 0.500. The van der Waals surface area contributed by atoms with E-state index in [0.717, 1.165) is 22.1 Å². The molecule has 2 aromatic rings. The number of aliphatic hydroxyl groups excluding tert-OH is 1. The van der Waals surface area contributed by atoms with Gasteiger partial charge in [0.1, 0.15) is 11.3 Å². The van der Waals surface area contributed by atoms with E-state index in [0.29, 0.717) is 12.2 Å². The molecule has 1 aromatic heterocycles. The molecule has 2 N–H and O–H groups in total. The number of aliphatic hydroxyl groups is 1. The van der Waals surface area contributed by atoms with Crippen LogP contribution in [0.5, 0.6) is 0 Å². The first-order chi connectivity index (χ1) is 10.7. The van der Waals surface area contributed by atoms with Gasteiger partial charge in [-0.15, -0.1) is 0 Å². The zero-order valence-electron chi connectivity index (χ0n) is 14.8. The number of rotatable bonds is 4. The van der Waals surface area contributed by atoms with E-state index in [2.05, 4.69) is 5.32 Å². The summed E-state index contributed by atoms with van der Waals surface area (Å²) in [7, 11) is 1.71. The lowest BCUT2D eigenvalue weighted by Gasteiger charge is -2.14. The quantitative estimate of drug-likeness (QED) is 0.846. The van der Waals surface area contributed by atoms with Crippen LogP contribution in [0, 0.1) is 6.92 Å². The Kier molecular flexibility index (Phi) is 6.79. The van der Waals surface area contributed by atoms with Gasteiger partial charge in [-0.3, -0.25) is 4.79 Å². The summed E-state index contributed by atoms with van der Waals surface area (Å²) in [6.07, 6.45) is 0.657. The monoisotopic (exact) mass is 321 g/mol. The van der Waals surface area contributed by atoms with Crippen molar-refractivity contribution in [1.29, 1.82) is 0 Å². The number of nitrogens with one attached hydrogen (secondary N) is 1. The van der Waals surface area contributed by atoms with E-state index >= 15 is 0 Å². The van der Waals surface area contributed by atoms with Gasteiger partial charge in [0, 0.05) is 12.5 Å². The van der Waals surface area contributed by atoms with Crippen LogP contribution in [-0.4, -0.2) is 24.2 Å². The molecule has 0 saturated carbocycles. The van der Waals surface area contributed by atoms with Gasteiger partial charge in [-0.2, -0.15) is 0 Å². The lowest BCUT2D eigenvalue weighted by molar-refractivity contribution is -0.110. The molecule has 1 atom stereocenters. The minimum Gasteiger partial charge on any atom is -0.459 e. The normalized spacial score (nSPS) is 12.5. The van der Waals surface area contributed by atoms with Crippen molar-refractivity contribution >= 4 is 17.4 Å². The first kappa shape index (κ1) is 19.2. The highest BCUT2D eigenvalue weighted by Gasteiger charge is 2.13. The fourth-order valence-corrected chi connectivity index (χ4v) is 1.88. The van der Waals surface area contributed by atoms with Crippen LogP contribution in [0.4, 0.5) is 0 Å². The highest BCUT2D eigenvalue weighted by Crippen LogP contribution is 2.28. The van der Waals surface area contributed by atoms with Crippen LogP contribution in [0.3, 0.4) is 0 Å². The molecule has 5 heteroatoms. The van der Waals surface area contributed by atoms with Gasteiger partial charge >= 0.3 is 0 Å². The lowest BCUT2D eigenvalue weighted by Crippen LogP contribution is -2.15. The number of hydrogen-bond acceptors (Lipinski definition) is 4. The molecule has 0 aliphatic heterocycles. The molecular formula is C18H27NO4. The number of ether oxygens (including phenoxy) is 1. The van der Waals surface area contributed by atoms with Gasteiger partial charge in [-0.1, -0.05) is 6.07 Å². The standard InChI is InChI=1S/C13H15NO3.C5H12O/c1-8-10(6-15)3-4-12-11(8)5-13(17-12)9(2)14-7-16;1-5(2,3)6-4/h3-5,7,9,15H,6H2,1-2H3,(H,14,16);1-4H3. The molecule has 1 unspecified atom stereocenters. The second-order valence-electron chi connectivity index (χ2n) is 6.39. The van der Waals surface area contributed by atoms with Crippen LogP contribution in [0.1, 0.15) is 50.6 Å². The predicted molar refractivity (Wildman–Crippen MR) is 91.3 cm³/mol. The van der Waals surface area contributed by atoms with Gasteiger partial charge in [0.2, 0.25) is 6.41 Å². The van der Waals surface area contributed by atoms with Crippen molar-refractivity contribution in [3.8, 4) is 0 Å². The molecule has 0 aliphatic rings. The second-order valence-corrected chi connectivity index (χ2v) is 6.39. The predicted octanol–water partition coefficient (Wildman–Crippen LogP) is 3.47. The molecule has 0 aliphatic carbocycles. The van der Waals surface area contributed by atoms with Crippen molar-refractivity contribution in [2.24, 2.45) is 0 Å². The number of carbonyl (C=O) groups excluding carboxylic acids is 1. The smallest absolute Gasteiger partial charge is 0.207 e. The van der Waals surface area contributed by atoms with E-state index in [1.54, 1.807) is 7.11 Å². The summed E-state index contributed by atoms with van der Waals surface area (Å²) in [4.78, 5) is 10.4. The average Bonchev–Trinajstić information content (AvgIpc) is 2.93. The molecule has 1 aromatic carbocycles. The summed E-state index contributed by atoms with van der Waals surface area (Å²) >= 11 is 0. The van der Waals surface area contributed by atoms with Gasteiger partial charge in [-0.25, -0.2) is 0 Å². The molecule has 0 bridgehead atoms. The first-order valence-electron chi connectivity index (χ1n) is 7.61. The van der Waals surface area contributed by atoms with E-state index in [1.807, 2.05) is 52.8 Å². The van der Waals surface area contributed by atoms with E-state index < -0.39 is 0 Å². The van der Waals surface area contributed by atoms with Gasteiger partial charge < -0.3 is 19.6 Å². The van der Waals surface area contributed by atoms with Crippen molar-refractivity contribution in [3.05, 3.63) is 35.1 Å². The Morgan fingerprint density at radius 3 is 2.48 bits per heavy atom. The molecule has 1 heterocycles. The number of hydrogen-bond donors (Lipinski definition) is 2. The zero-order chi connectivity index (χ0) is 17.6. The third-order valence-electron chi connectivity index (χ3n) is 3.63. The summed E-state index contributed by atoms with van der Waals surface area (Å²) in [5, 5.41) is 12.8.